The largest absolute Gasteiger partial charge is 0.358 e. The SMILES string of the molecule is C=C(CCC)Nc1cncc(-c2ccc3[nH]nc(-c4cc5ccncc5[nH]4)c3c2)c1. The van der Waals surface area contributed by atoms with Crippen molar-refractivity contribution in [1.29, 1.82) is 0 Å². The fourth-order valence-electron chi connectivity index (χ4n) is 3.73. The molecule has 3 N–H and O–H groups in total. The standard InChI is InChI=1S/C24H22N6/c1-3-4-15(2)27-19-9-18(12-26-13-19)16-5-6-21-20(10-16)24(30-29-21)22-11-17-7-8-25-14-23(17)28-22/h5-14,27-28H,2-4H2,1H3,(H,29,30). The summed E-state index contributed by atoms with van der Waals surface area (Å²) in [6, 6.07) is 12.5. The van der Waals surface area contributed by atoms with Gasteiger partial charge in [0.25, 0.3) is 0 Å². The molecule has 0 unspecified atom stereocenters. The molecule has 0 fully saturated rings. The Bertz CT molecular complexity index is 1330. The lowest BCUT2D eigenvalue weighted by atomic mass is 10.0. The Hall–Kier alpha value is -3.93. The Morgan fingerprint density at radius 2 is 1.93 bits per heavy atom. The van der Waals surface area contributed by atoms with Crippen LogP contribution in [0.1, 0.15) is 19.8 Å². The lowest BCUT2D eigenvalue weighted by molar-refractivity contribution is 0.913. The second kappa shape index (κ2) is 7.48. The quantitative estimate of drug-likeness (QED) is 0.335. The average molecular weight is 394 g/mol. The van der Waals surface area contributed by atoms with E-state index in [1.54, 1.807) is 6.20 Å². The van der Waals surface area contributed by atoms with Crippen molar-refractivity contribution in [1.82, 2.24) is 25.1 Å². The first kappa shape index (κ1) is 18.1. The minimum atomic E-state index is 0.890. The first-order chi connectivity index (χ1) is 14.7. The van der Waals surface area contributed by atoms with Gasteiger partial charge < -0.3 is 10.3 Å². The summed E-state index contributed by atoms with van der Waals surface area (Å²) in [6.07, 6.45) is 9.32. The van der Waals surface area contributed by atoms with E-state index in [4.69, 9.17) is 0 Å². The molecule has 0 amide bonds. The van der Waals surface area contributed by atoms with Gasteiger partial charge in [-0.3, -0.25) is 15.1 Å². The molecule has 0 aliphatic carbocycles. The van der Waals surface area contributed by atoms with E-state index < -0.39 is 0 Å². The molecule has 0 atom stereocenters. The van der Waals surface area contributed by atoms with Gasteiger partial charge >= 0.3 is 0 Å². The number of pyridine rings is 2. The molecule has 0 aliphatic heterocycles. The third-order valence-electron chi connectivity index (χ3n) is 5.19. The van der Waals surface area contributed by atoms with Crippen molar-refractivity contribution in [3.63, 3.8) is 0 Å². The van der Waals surface area contributed by atoms with Gasteiger partial charge in [-0.25, -0.2) is 0 Å². The molecule has 30 heavy (non-hydrogen) atoms. The number of nitrogens with one attached hydrogen (secondary N) is 3. The molecule has 5 aromatic rings. The predicted molar refractivity (Wildman–Crippen MR) is 122 cm³/mol. The summed E-state index contributed by atoms with van der Waals surface area (Å²) < 4.78 is 0. The highest BCUT2D eigenvalue weighted by atomic mass is 15.1. The number of aromatic nitrogens is 5. The summed E-state index contributed by atoms with van der Waals surface area (Å²) in [5.74, 6) is 0. The number of anilines is 1. The van der Waals surface area contributed by atoms with E-state index in [0.29, 0.717) is 0 Å². The zero-order valence-corrected chi connectivity index (χ0v) is 16.7. The van der Waals surface area contributed by atoms with E-state index in [2.05, 4.69) is 74.3 Å². The second-order valence-corrected chi connectivity index (χ2v) is 7.42. The third kappa shape index (κ3) is 3.33. The van der Waals surface area contributed by atoms with Crippen LogP contribution in [0.25, 0.3) is 44.3 Å². The summed E-state index contributed by atoms with van der Waals surface area (Å²) in [7, 11) is 0. The Morgan fingerprint density at radius 3 is 2.80 bits per heavy atom. The summed E-state index contributed by atoms with van der Waals surface area (Å²) in [4.78, 5) is 12.0. The van der Waals surface area contributed by atoms with Crippen LogP contribution in [0.15, 0.2) is 73.5 Å². The molecular weight excluding hydrogens is 372 g/mol. The van der Waals surface area contributed by atoms with Crippen LogP contribution in [0.3, 0.4) is 0 Å². The number of H-pyrrole nitrogens is 2. The van der Waals surface area contributed by atoms with Crippen LogP contribution in [0.2, 0.25) is 0 Å². The third-order valence-corrected chi connectivity index (χ3v) is 5.19. The maximum absolute atomic E-state index is 4.56. The number of hydrogen-bond acceptors (Lipinski definition) is 4. The molecular formula is C24H22N6. The molecule has 0 saturated heterocycles. The van der Waals surface area contributed by atoms with Crippen molar-refractivity contribution in [2.24, 2.45) is 0 Å². The van der Waals surface area contributed by atoms with Crippen LogP contribution in [-0.4, -0.2) is 25.1 Å². The fraction of sp³-hybridized carbons (Fsp3) is 0.125. The highest BCUT2D eigenvalue weighted by Crippen LogP contribution is 2.32. The van der Waals surface area contributed by atoms with Crippen molar-refractivity contribution in [3.8, 4) is 22.5 Å². The minimum absolute atomic E-state index is 0.890. The van der Waals surface area contributed by atoms with Crippen LogP contribution in [0.5, 0.6) is 0 Å². The normalized spacial score (nSPS) is 11.2. The molecule has 0 radical (unpaired) electrons. The summed E-state index contributed by atoms with van der Waals surface area (Å²) >= 11 is 0. The molecule has 0 spiro atoms. The zero-order valence-electron chi connectivity index (χ0n) is 16.7. The highest BCUT2D eigenvalue weighted by Gasteiger charge is 2.12. The van der Waals surface area contributed by atoms with E-state index in [9.17, 15) is 0 Å². The molecule has 4 heterocycles. The molecule has 148 valence electrons. The van der Waals surface area contributed by atoms with E-state index in [0.717, 1.165) is 68.5 Å². The first-order valence-electron chi connectivity index (χ1n) is 10.0. The van der Waals surface area contributed by atoms with Crippen LogP contribution in [0.4, 0.5) is 5.69 Å². The molecule has 4 aromatic heterocycles. The van der Waals surface area contributed by atoms with Crippen LogP contribution >= 0.6 is 0 Å². The Labute approximate surface area is 174 Å². The lowest BCUT2D eigenvalue weighted by Gasteiger charge is -2.10. The van der Waals surface area contributed by atoms with Gasteiger partial charge in [-0.15, -0.1) is 0 Å². The Kier molecular flexibility index (Phi) is 4.52. The van der Waals surface area contributed by atoms with Gasteiger partial charge in [-0.1, -0.05) is 26.0 Å². The van der Waals surface area contributed by atoms with Crippen molar-refractivity contribution >= 4 is 27.5 Å². The van der Waals surface area contributed by atoms with Crippen molar-refractivity contribution in [3.05, 3.63) is 73.5 Å². The second-order valence-electron chi connectivity index (χ2n) is 7.42. The molecule has 0 saturated carbocycles. The Morgan fingerprint density at radius 1 is 1.00 bits per heavy atom. The predicted octanol–water partition coefficient (Wildman–Crippen LogP) is 5.89. The van der Waals surface area contributed by atoms with Gasteiger partial charge in [-0.05, 0) is 42.3 Å². The summed E-state index contributed by atoms with van der Waals surface area (Å²) in [6.45, 7) is 6.22. The maximum atomic E-state index is 4.56. The van der Waals surface area contributed by atoms with Crippen LogP contribution in [0, 0.1) is 0 Å². The van der Waals surface area contributed by atoms with E-state index in [1.165, 1.54) is 0 Å². The van der Waals surface area contributed by atoms with Crippen molar-refractivity contribution < 1.29 is 0 Å². The Balaban J connectivity index is 1.54. The number of allylic oxidation sites excluding steroid dienone is 1. The van der Waals surface area contributed by atoms with Gasteiger partial charge in [0, 0.05) is 34.4 Å². The van der Waals surface area contributed by atoms with Gasteiger partial charge in [-0.2, -0.15) is 5.10 Å². The molecule has 6 heteroatoms. The highest BCUT2D eigenvalue weighted by molar-refractivity contribution is 5.97. The topological polar surface area (TPSA) is 82.3 Å². The number of nitrogens with zero attached hydrogens (tertiary/aromatic N) is 3. The molecule has 6 nitrogen and oxygen atoms in total. The summed E-state index contributed by atoms with van der Waals surface area (Å²) in [5, 5.41) is 13.2. The van der Waals surface area contributed by atoms with Gasteiger partial charge in [0.05, 0.1) is 34.8 Å². The number of aromatic amines is 2. The van der Waals surface area contributed by atoms with Crippen molar-refractivity contribution in [2.75, 3.05) is 5.32 Å². The van der Waals surface area contributed by atoms with E-state index in [-0.39, 0.29) is 0 Å². The van der Waals surface area contributed by atoms with Crippen molar-refractivity contribution in [2.45, 2.75) is 19.8 Å². The van der Waals surface area contributed by atoms with E-state index >= 15 is 0 Å². The van der Waals surface area contributed by atoms with Crippen LogP contribution < -0.4 is 5.32 Å². The first-order valence-corrected chi connectivity index (χ1v) is 10.0. The van der Waals surface area contributed by atoms with Gasteiger partial charge in [0.2, 0.25) is 0 Å². The average Bonchev–Trinajstić information content (AvgIpc) is 3.37. The monoisotopic (exact) mass is 394 g/mol. The van der Waals surface area contributed by atoms with E-state index in [1.807, 2.05) is 24.7 Å². The number of hydrogen-bond donors (Lipinski definition) is 3. The summed E-state index contributed by atoms with van der Waals surface area (Å²) in [5.41, 5.74) is 7.91. The molecule has 0 bridgehead atoms. The fourth-order valence-corrected chi connectivity index (χ4v) is 3.73. The van der Waals surface area contributed by atoms with Gasteiger partial charge in [0.1, 0.15) is 5.69 Å². The molecule has 1 aromatic carbocycles. The lowest BCUT2D eigenvalue weighted by Crippen LogP contribution is -1.98. The van der Waals surface area contributed by atoms with Crippen LogP contribution in [-0.2, 0) is 0 Å². The minimum Gasteiger partial charge on any atom is -0.358 e. The zero-order chi connectivity index (χ0) is 20.5. The maximum Gasteiger partial charge on any atom is 0.116 e. The number of benzene rings is 1. The van der Waals surface area contributed by atoms with Gasteiger partial charge in [0.15, 0.2) is 0 Å². The number of rotatable bonds is 6. The number of fused-ring (bicyclic) bond motifs is 2. The smallest absolute Gasteiger partial charge is 0.116 e. The molecule has 5 rings (SSSR count). The molecule has 0 aliphatic rings.